The zero-order chi connectivity index (χ0) is 18.8. The lowest BCUT2D eigenvalue weighted by atomic mass is 9.95. The number of likely N-dealkylation sites (tertiary alicyclic amines) is 1. The molecule has 2 aromatic rings. The number of hydrogen-bond donors (Lipinski definition) is 2. The van der Waals surface area contributed by atoms with Crippen LogP contribution in [-0.4, -0.2) is 40.8 Å². The largest absolute Gasteiger partial charge is 0.361 e. The van der Waals surface area contributed by atoms with Crippen molar-refractivity contribution in [2.45, 2.75) is 51.0 Å². The van der Waals surface area contributed by atoms with Gasteiger partial charge in [-0.05, 0) is 43.0 Å². The molecule has 6 heteroatoms. The molecule has 4 rings (SSSR count). The molecule has 27 heavy (non-hydrogen) atoms. The summed E-state index contributed by atoms with van der Waals surface area (Å²) < 4.78 is 13.5. The number of carbonyl (C=O) groups is 2. The van der Waals surface area contributed by atoms with Gasteiger partial charge in [-0.3, -0.25) is 9.59 Å². The van der Waals surface area contributed by atoms with Crippen LogP contribution in [0.4, 0.5) is 4.39 Å². The van der Waals surface area contributed by atoms with Crippen LogP contribution < -0.4 is 5.32 Å². The van der Waals surface area contributed by atoms with Crippen LogP contribution in [-0.2, 0) is 16.0 Å². The number of aromatic amines is 1. The summed E-state index contributed by atoms with van der Waals surface area (Å²) in [5.74, 6) is -0.461. The Morgan fingerprint density at radius 2 is 2.07 bits per heavy atom. The Kier molecular flexibility index (Phi) is 5.14. The van der Waals surface area contributed by atoms with Gasteiger partial charge in [0.25, 0.3) is 0 Å². The van der Waals surface area contributed by atoms with E-state index in [1.54, 1.807) is 11.0 Å². The summed E-state index contributed by atoms with van der Waals surface area (Å²) in [6.45, 7) is 1.03. The summed E-state index contributed by atoms with van der Waals surface area (Å²) in [5.41, 5.74) is 1.89. The first-order chi connectivity index (χ1) is 13.1. The molecule has 144 valence electrons. The molecule has 2 aliphatic rings. The molecule has 0 radical (unpaired) electrons. The predicted octanol–water partition coefficient (Wildman–Crippen LogP) is 3.15. The Morgan fingerprint density at radius 1 is 1.26 bits per heavy atom. The first-order valence-electron chi connectivity index (χ1n) is 9.94. The van der Waals surface area contributed by atoms with Gasteiger partial charge in [-0.25, -0.2) is 4.39 Å². The molecule has 1 atom stereocenters. The molecule has 1 saturated carbocycles. The van der Waals surface area contributed by atoms with E-state index in [0.717, 1.165) is 29.3 Å². The highest BCUT2D eigenvalue weighted by Gasteiger charge is 2.34. The lowest BCUT2D eigenvalue weighted by Gasteiger charge is -2.24. The summed E-state index contributed by atoms with van der Waals surface area (Å²) in [4.78, 5) is 29.8. The minimum atomic E-state index is -0.264. The van der Waals surface area contributed by atoms with Crippen LogP contribution in [0.1, 0.15) is 44.1 Å². The van der Waals surface area contributed by atoms with Crippen LogP contribution in [0.3, 0.4) is 0 Å². The van der Waals surface area contributed by atoms with Crippen LogP contribution in [0.5, 0.6) is 0 Å². The fraction of sp³-hybridized carbons (Fsp3) is 0.524. The Hall–Kier alpha value is -2.37. The van der Waals surface area contributed by atoms with Crippen molar-refractivity contribution in [3.63, 3.8) is 0 Å². The van der Waals surface area contributed by atoms with E-state index in [9.17, 15) is 14.0 Å². The Balaban J connectivity index is 1.33. The molecule has 0 spiro atoms. The van der Waals surface area contributed by atoms with Gasteiger partial charge in [0.15, 0.2) is 0 Å². The maximum Gasteiger partial charge on any atom is 0.225 e. The summed E-state index contributed by atoms with van der Waals surface area (Å²) in [7, 11) is 0. The first-order valence-corrected chi connectivity index (χ1v) is 9.94. The molecule has 2 heterocycles. The summed E-state index contributed by atoms with van der Waals surface area (Å²) in [6, 6.07) is 4.95. The van der Waals surface area contributed by atoms with Gasteiger partial charge in [-0.2, -0.15) is 0 Å². The van der Waals surface area contributed by atoms with Gasteiger partial charge >= 0.3 is 0 Å². The molecule has 1 aliphatic carbocycles. The summed E-state index contributed by atoms with van der Waals surface area (Å²) in [5, 5.41) is 3.99. The van der Waals surface area contributed by atoms with Gasteiger partial charge in [0.2, 0.25) is 11.8 Å². The number of nitrogens with zero attached hydrogens (tertiary/aromatic N) is 1. The van der Waals surface area contributed by atoms with E-state index in [2.05, 4.69) is 10.3 Å². The number of hydrogen-bond acceptors (Lipinski definition) is 2. The monoisotopic (exact) mass is 371 g/mol. The van der Waals surface area contributed by atoms with Crippen molar-refractivity contribution in [3.05, 3.63) is 35.8 Å². The maximum absolute atomic E-state index is 13.5. The van der Waals surface area contributed by atoms with Gasteiger partial charge in [-0.1, -0.05) is 19.3 Å². The minimum Gasteiger partial charge on any atom is -0.361 e. The molecule has 0 bridgehead atoms. The highest BCUT2D eigenvalue weighted by Crippen LogP contribution is 2.23. The summed E-state index contributed by atoms with van der Waals surface area (Å²) in [6.07, 6.45) is 8.50. The topological polar surface area (TPSA) is 65.2 Å². The molecule has 1 aromatic carbocycles. The molecule has 2 N–H and O–H groups in total. The van der Waals surface area contributed by atoms with Gasteiger partial charge in [0.05, 0.1) is 5.92 Å². The average molecular weight is 371 g/mol. The van der Waals surface area contributed by atoms with Crippen LogP contribution in [0.2, 0.25) is 0 Å². The molecule has 1 aromatic heterocycles. The number of H-pyrrole nitrogens is 1. The SMILES string of the molecule is O=C(NC1CCCCC1)C1CC(=O)N(CCc2c[nH]c3ccc(F)cc23)C1. The quantitative estimate of drug-likeness (QED) is 0.848. The number of halogens is 1. The molecule has 5 nitrogen and oxygen atoms in total. The highest BCUT2D eigenvalue weighted by molar-refractivity contribution is 5.89. The van der Waals surface area contributed by atoms with Crippen LogP contribution in [0.25, 0.3) is 10.9 Å². The lowest BCUT2D eigenvalue weighted by Crippen LogP contribution is -2.40. The van der Waals surface area contributed by atoms with E-state index in [4.69, 9.17) is 0 Å². The van der Waals surface area contributed by atoms with Crippen molar-refractivity contribution in [2.75, 3.05) is 13.1 Å². The Labute approximate surface area is 158 Å². The van der Waals surface area contributed by atoms with E-state index in [1.165, 1.54) is 31.4 Å². The molecular weight excluding hydrogens is 345 g/mol. The highest BCUT2D eigenvalue weighted by atomic mass is 19.1. The Bertz CT molecular complexity index is 841. The normalized spacial score (nSPS) is 21.1. The summed E-state index contributed by atoms with van der Waals surface area (Å²) >= 11 is 0. The fourth-order valence-electron chi connectivity index (χ4n) is 4.34. The third-order valence-electron chi connectivity index (χ3n) is 5.92. The minimum absolute atomic E-state index is 0.0203. The van der Waals surface area contributed by atoms with E-state index >= 15 is 0 Å². The third-order valence-corrected chi connectivity index (χ3v) is 5.92. The second kappa shape index (κ2) is 7.71. The maximum atomic E-state index is 13.5. The van der Waals surface area contributed by atoms with Crippen molar-refractivity contribution < 1.29 is 14.0 Å². The van der Waals surface area contributed by atoms with Gasteiger partial charge < -0.3 is 15.2 Å². The number of amides is 2. The van der Waals surface area contributed by atoms with Crippen molar-refractivity contribution in [2.24, 2.45) is 5.92 Å². The fourth-order valence-corrected chi connectivity index (χ4v) is 4.34. The molecule has 2 fully saturated rings. The van der Waals surface area contributed by atoms with Crippen LogP contribution in [0, 0.1) is 11.7 Å². The van der Waals surface area contributed by atoms with E-state index < -0.39 is 0 Å². The smallest absolute Gasteiger partial charge is 0.225 e. The number of fused-ring (bicyclic) bond motifs is 1. The van der Waals surface area contributed by atoms with Crippen molar-refractivity contribution in [1.82, 2.24) is 15.2 Å². The van der Waals surface area contributed by atoms with E-state index in [-0.39, 0.29) is 29.6 Å². The van der Waals surface area contributed by atoms with Gasteiger partial charge in [0.1, 0.15) is 5.82 Å². The molecule has 1 unspecified atom stereocenters. The van der Waals surface area contributed by atoms with Crippen molar-refractivity contribution in [1.29, 1.82) is 0 Å². The van der Waals surface area contributed by atoms with E-state index in [0.29, 0.717) is 25.9 Å². The molecule has 1 aliphatic heterocycles. The molecule has 2 amide bonds. The standard InChI is InChI=1S/C21H26FN3O2/c22-16-6-7-19-18(11-16)14(12-23-19)8-9-25-13-15(10-20(25)26)21(27)24-17-4-2-1-3-5-17/h6-7,11-12,15,17,23H,1-5,8-10,13H2,(H,24,27). The molecular formula is C21H26FN3O2. The molecule has 1 saturated heterocycles. The zero-order valence-corrected chi connectivity index (χ0v) is 15.5. The number of benzene rings is 1. The Morgan fingerprint density at radius 3 is 2.89 bits per heavy atom. The number of carbonyl (C=O) groups excluding carboxylic acids is 2. The lowest BCUT2D eigenvalue weighted by molar-refractivity contribution is -0.129. The van der Waals surface area contributed by atoms with Gasteiger partial charge in [-0.15, -0.1) is 0 Å². The second-order valence-electron chi connectivity index (χ2n) is 7.84. The second-order valence-corrected chi connectivity index (χ2v) is 7.84. The predicted molar refractivity (Wildman–Crippen MR) is 102 cm³/mol. The zero-order valence-electron chi connectivity index (χ0n) is 15.5. The van der Waals surface area contributed by atoms with Crippen molar-refractivity contribution >= 4 is 22.7 Å². The average Bonchev–Trinajstić information content (AvgIpc) is 3.24. The third kappa shape index (κ3) is 3.99. The first kappa shape index (κ1) is 18.0. The number of nitrogens with one attached hydrogen (secondary N) is 2. The van der Waals surface area contributed by atoms with Crippen molar-refractivity contribution in [3.8, 4) is 0 Å². The number of rotatable bonds is 5. The number of aromatic nitrogens is 1. The van der Waals surface area contributed by atoms with E-state index in [1.807, 2.05) is 6.20 Å². The van der Waals surface area contributed by atoms with Crippen LogP contribution >= 0.6 is 0 Å². The van der Waals surface area contributed by atoms with Gasteiger partial charge in [0, 0.05) is 42.7 Å². The van der Waals surface area contributed by atoms with Crippen LogP contribution in [0.15, 0.2) is 24.4 Å².